The van der Waals surface area contributed by atoms with Crippen LogP contribution in [-0.4, -0.2) is 32.0 Å². The van der Waals surface area contributed by atoms with Gasteiger partial charge in [-0.15, -0.1) is 12.0 Å². The molecular weight excluding hydrogens is 535 g/mol. The molecule has 2 aromatic carbocycles. The molecule has 4 aromatic heterocycles. The number of pyridine rings is 4. The first-order chi connectivity index (χ1) is 18.7. The molecule has 4 heterocycles. The molecular formula is C28H16N10Ni. The van der Waals surface area contributed by atoms with Crippen LogP contribution in [0.5, 0.6) is 0 Å². The van der Waals surface area contributed by atoms with Crippen molar-refractivity contribution in [3.05, 3.63) is 108 Å². The summed E-state index contributed by atoms with van der Waals surface area (Å²) in [6.45, 7) is 0. The maximum atomic E-state index is 7.43. The Kier molecular flexibility index (Phi) is 12.2. The molecule has 188 valence electrons. The third kappa shape index (κ3) is 8.16. The third-order valence-corrected chi connectivity index (χ3v) is 4.89. The monoisotopic (exact) mass is 550 g/mol. The summed E-state index contributed by atoms with van der Waals surface area (Å²) >= 11 is 0. The van der Waals surface area contributed by atoms with Gasteiger partial charge in [-0.2, -0.15) is 10.5 Å². The summed E-state index contributed by atoms with van der Waals surface area (Å²) < 4.78 is 0. The van der Waals surface area contributed by atoms with Crippen molar-refractivity contribution in [1.29, 1.82) is 10.5 Å². The van der Waals surface area contributed by atoms with Gasteiger partial charge in [0.25, 0.3) is 0 Å². The summed E-state index contributed by atoms with van der Waals surface area (Å²) in [7, 11) is 0. The Bertz CT molecular complexity index is 1630. The maximum absolute atomic E-state index is 7.43. The number of aliphatic imine (C=N–C) groups is 2. The van der Waals surface area contributed by atoms with Crippen LogP contribution < -0.4 is 0 Å². The second kappa shape index (κ2) is 16.1. The fourth-order valence-electron chi connectivity index (χ4n) is 3.40. The minimum Gasteiger partial charge on any atom is -0.422 e. The van der Waals surface area contributed by atoms with Crippen molar-refractivity contribution >= 4 is 55.6 Å². The largest absolute Gasteiger partial charge is 2.00 e. The van der Waals surface area contributed by atoms with Gasteiger partial charge in [0, 0.05) is 46.3 Å². The van der Waals surface area contributed by atoms with Gasteiger partial charge in [-0.05, 0) is 24.3 Å². The normalized spacial score (nSPS) is 8.77. The summed E-state index contributed by atoms with van der Waals surface area (Å²) in [6.07, 6.45) is 9.77. The van der Waals surface area contributed by atoms with E-state index in [1.165, 1.54) is 24.4 Å². The number of hydrogen-bond donors (Lipinski definition) is 0. The van der Waals surface area contributed by atoms with Crippen molar-refractivity contribution in [2.75, 3.05) is 0 Å². The molecule has 0 bridgehead atoms. The summed E-state index contributed by atoms with van der Waals surface area (Å²) in [6, 6.07) is 26.8. The van der Waals surface area contributed by atoms with Crippen molar-refractivity contribution in [2.24, 2.45) is 9.98 Å². The molecule has 6 rings (SSSR count). The average Bonchev–Trinajstić information content (AvgIpc) is 2.99. The van der Waals surface area contributed by atoms with Crippen LogP contribution in [0.25, 0.3) is 54.4 Å². The summed E-state index contributed by atoms with van der Waals surface area (Å²) in [5.74, 6) is 0. The van der Waals surface area contributed by atoms with Crippen molar-refractivity contribution in [3.8, 4) is 12.4 Å². The fraction of sp³-hybridized carbons (Fsp3) is 0. The van der Waals surface area contributed by atoms with E-state index in [0.717, 1.165) is 43.6 Å². The molecule has 0 saturated carbocycles. The molecule has 0 aliphatic rings. The van der Waals surface area contributed by atoms with Crippen LogP contribution in [0.1, 0.15) is 0 Å². The van der Waals surface area contributed by atoms with Gasteiger partial charge in [-0.3, -0.25) is 19.9 Å². The van der Waals surface area contributed by atoms with Crippen LogP contribution in [0.3, 0.4) is 0 Å². The zero-order valence-corrected chi connectivity index (χ0v) is 21.0. The number of aromatic nitrogens is 4. The molecule has 0 unspecified atom stereocenters. The van der Waals surface area contributed by atoms with Gasteiger partial charge in [0.2, 0.25) is 0 Å². The molecule has 0 N–H and O–H groups in total. The van der Waals surface area contributed by atoms with Crippen LogP contribution in [0.2, 0.25) is 0 Å². The molecule has 39 heavy (non-hydrogen) atoms. The number of fused-ring (bicyclic) bond motifs is 6. The molecule has 0 spiro atoms. The van der Waals surface area contributed by atoms with Crippen LogP contribution >= 0.6 is 0 Å². The smallest absolute Gasteiger partial charge is 0.422 e. The fourth-order valence-corrected chi connectivity index (χ4v) is 3.40. The molecule has 0 amide bonds. The molecule has 6 aromatic rings. The van der Waals surface area contributed by atoms with Crippen LogP contribution in [0.4, 0.5) is 0 Å². The van der Waals surface area contributed by atoms with E-state index < -0.39 is 0 Å². The first-order valence-electron chi connectivity index (χ1n) is 10.9. The van der Waals surface area contributed by atoms with Crippen LogP contribution in [0, 0.1) is 22.9 Å². The standard InChI is InChI=1S/2C12H8N2.2C2N3.Ni/c2*1-3-9-5-6-10-4-2-8-14-12(10)11(9)13-7-1;2*3-1-5-2-4;/h2*1-8H;;;/q;;2*-1;+2. The summed E-state index contributed by atoms with van der Waals surface area (Å²) in [5.41, 5.74) is 3.91. The quantitative estimate of drug-likeness (QED) is 0.0973. The van der Waals surface area contributed by atoms with Gasteiger partial charge in [0.05, 0.1) is 34.5 Å². The summed E-state index contributed by atoms with van der Waals surface area (Å²) in [5, 5.41) is 34.3. The molecule has 0 aliphatic carbocycles. The predicted octanol–water partition coefficient (Wildman–Crippen LogP) is 5.99. The number of hydrogen-bond acceptors (Lipinski definition) is 8. The topological polar surface area (TPSA) is 168 Å². The molecule has 11 heteroatoms. The van der Waals surface area contributed by atoms with Crippen molar-refractivity contribution in [1.82, 2.24) is 19.9 Å². The van der Waals surface area contributed by atoms with E-state index in [4.69, 9.17) is 21.3 Å². The zero-order valence-electron chi connectivity index (χ0n) is 20.0. The molecule has 0 aliphatic heterocycles. The van der Waals surface area contributed by atoms with Crippen LogP contribution in [0.15, 0.2) is 108 Å². The second-order valence-electron chi connectivity index (χ2n) is 7.06. The van der Waals surface area contributed by atoms with Gasteiger partial charge in [0.15, 0.2) is 0 Å². The molecule has 0 radical (unpaired) electrons. The van der Waals surface area contributed by atoms with E-state index in [1.807, 2.05) is 24.3 Å². The predicted molar refractivity (Wildman–Crippen MR) is 147 cm³/mol. The Balaban J connectivity index is 0.000000202. The number of nitrogens with zero attached hydrogens (tertiary/aromatic N) is 10. The molecule has 0 saturated heterocycles. The van der Waals surface area contributed by atoms with Gasteiger partial charge >= 0.3 is 16.5 Å². The number of benzene rings is 2. The van der Waals surface area contributed by atoms with E-state index in [-0.39, 0.29) is 16.5 Å². The minimum atomic E-state index is 0. The van der Waals surface area contributed by atoms with Crippen LogP contribution in [-0.2, 0) is 16.5 Å². The first-order valence-corrected chi connectivity index (χ1v) is 10.9. The van der Waals surface area contributed by atoms with Gasteiger partial charge < -0.3 is 20.8 Å². The van der Waals surface area contributed by atoms with E-state index in [9.17, 15) is 0 Å². The average molecular weight is 551 g/mol. The number of rotatable bonds is 0. The Labute approximate surface area is 233 Å². The van der Waals surface area contributed by atoms with E-state index in [1.54, 1.807) is 24.8 Å². The maximum Gasteiger partial charge on any atom is 2.00 e. The SMILES string of the molecule is N#CN=C=[N-].N#CN=C=[N-].[Ni+2].c1cnc2c(c1)ccc1cccnc12.c1cnc2c(c1)ccc1cccnc12. The molecule has 0 fully saturated rings. The van der Waals surface area contributed by atoms with Gasteiger partial charge in [-0.1, -0.05) is 48.5 Å². The Hall–Kier alpha value is -5.69. The van der Waals surface area contributed by atoms with Crippen molar-refractivity contribution in [3.63, 3.8) is 0 Å². The van der Waals surface area contributed by atoms with Crippen molar-refractivity contribution < 1.29 is 16.5 Å². The van der Waals surface area contributed by atoms with E-state index in [2.05, 4.69) is 78.5 Å². The second-order valence-corrected chi connectivity index (χ2v) is 7.06. The Morgan fingerprint density at radius 1 is 0.487 bits per heavy atom. The minimum absolute atomic E-state index is 0. The molecule has 0 atom stereocenters. The van der Waals surface area contributed by atoms with E-state index >= 15 is 0 Å². The van der Waals surface area contributed by atoms with Gasteiger partial charge in [0.1, 0.15) is 0 Å². The van der Waals surface area contributed by atoms with Gasteiger partial charge in [-0.25, -0.2) is 0 Å². The third-order valence-electron chi connectivity index (χ3n) is 4.89. The van der Waals surface area contributed by atoms with Crippen molar-refractivity contribution in [2.45, 2.75) is 0 Å². The zero-order chi connectivity index (χ0) is 27.0. The van der Waals surface area contributed by atoms with E-state index in [0.29, 0.717) is 0 Å². The number of nitriles is 2. The molecule has 10 nitrogen and oxygen atoms in total. The summed E-state index contributed by atoms with van der Waals surface area (Å²) in [4.78, 5) is 22.6. The Morgan fingerprint density at radius 3 is 0.923 bits per heavy atom. The Morgan fingerprint density at radius 2 is 0.744 bits per heavy atom. The first kappa shape index (κ1) is 29.5.